The van der Waals surface area contributed by atoms with Crippen LogP contribution in [-0.2, 0) is 4.74 Å². The Morgan fingerprint density at radius 1 is 1.15 bits per heavy atom. The molecule has 0 aromatic carbocycles. The molecule has 0 atom stereocenters. The number of ketones is 1. The molecule has 3 heterocycles. The lowest BCUT2D eigenvalue weighted by Gasteiger charge is -2.31. The molecule has 0 saturated carbocycles. The van der Waals surface area contributed by atoms with Gasteiger partial charge in [-0.05, 0) is 18.9 Å². The molecular formula is C15H21N3O2. The number of hydrogen-bond acceptors (Lipinski definition) is 5. The van der Waals surface area contributed by atoms with Crippen LogP contribution in [0.4, 0.5) is 11.4 Å². The summed E-state index contributed by atoms with van der Waals surface area (Å²) in [5.74, 6) is 0.0273. The Labute approximate surface area is 119 Å². The molecule has 2 aliphatic heterocycles. The Bertz CT molecular complexity index is 492. The monoisotopic (exact) mass is 275 g/mol. The lowest BCUT2D eigenvalue weighted by atomic mass is 10.2. The van der Waals surface area contributed by atoms with E-state index in [1.54, 1.807) is 6.92 Å². The molecule has 0 amide bonds. The molecule has 2 fully saturated rings. The summed E-state index contributed by atoms with van der Waals surface area (Å²) in [5.41, 5.74) is 2.68. The fraction of sp³-hybridized carbons (Fsp3) is 0.600. The van der Waals surface area contributed by atoms with Crippen molar-refractivity contribution in [1.29, 1.82) is 0 Å². The highest BCUT2D eigenvalue weighted by atomic mass is 16.5. The summed E-state index contributed by atoms with van der Waals surface area (Å²) < 4.78 is 5.39. The second-order valence-corrected chi connectivity index (χ2v) is 5.41. The van der Waals surface area contributed by atoms with Gasteiger partial charge in [0.2, 0.25) is 0 Å². The number of ether oxygens (including phenoxy) is 1. The quantitative estimate of drug-likeness (QED) is 0.786. The second-order valence-electron chi connectivity index (χ2n) is 5.41. The van der Waals surface area contributed by atoms with E-state index in [1.165, 1.54) is 12.8 Å². The minimum absolute atomic E-state index is 0.0273. The number of hydrogen-bond donors (Lipinski definition) is 0. The molecule has 0 radical (unpaired) electrons. The standard InChI is InChI=1S/C15H21N3O2/c1-12(19)15-14(18-6-8-20-9-7-18)10-13(11-16-15)17-4-2-3-5-17/h10-11H,2-9H2,1H3. The Hall–Kier alpha value is -1.62. The fourth-order valence-electron chi connectivity index (χ4n) is 2.91. The minimum atomic E-state index is 0.0273. The highest BCUT2D eigenvalue weighted by Crippen LogP contribution is 2.28. The molecule has 0 aliphatic carbocycles. The summed E-state index contributed by atoms with van der Waals surface area (Å²) in [6.45, 7) is 6.84. The molecular weight excluding hydrogens is 254 g/mol. The predicted molar refractivity (Wildman–Crippen MR) is 78.7 cm³/mol. The van der Waals surface area contributed by atoms with Gasteiger partial charge < -0.3 is 14.5 Å². The molecule has 5 nitrogen and oxygen atoms in total. The number of carbonyl (C=O) groups excluding carboxylic acids is 1. The van der Waals surface area contributed by atoms with E-state index in [-0.39, 0.29) is 5.78 Å². The lowest BCUT2D eigenvalue weighted by Crippen LogP contribution is -2.37. The van der Waals surface area contributed by atoms with Gasteiger partial charge in [-0.15, -0.1) is 0 Å². The Morgan fingerprint density at radius 2 is 1.85 bits per heavy atom. The number of aromatic nitrogens is 1. The second kappa shape index (κ2) is 5.79. The Morgan fingerprint density at radius 3 is 2.50 bits per heavy atom. The van der Waals surface area contributed by atoms with Crippen LogP contribution in [0.5, 0.6) is 0 Å². The summed E-state index contributed by atoms with van der Waals surface area (Å²) in [7, 11) is 0. The number of anilines is 2. The van der Waals surface area contributed by atoms with Crippen LogP contribution in [-0.4, -0.2) is 50.2 Å². The van der Waals surface area contributed by atoms with Gasteiger partial charge >= 0.3 is 0 Å². The number of carbonyl (C=O) groups is 1. The predicted octanol–water partition coefficient (Wildman–Crippen LogP) is 1.72. The van der Waals surface area contributed by atoms with Crippen molar-refractivity contribution in [2.75, 3.05) is 49.2 Å². The largest absolute Gasteiger partial charge is 0.378 e. The van der Waals surface area contributed by atoms with E-state index in [2.05, 4.69) is 20.9 Å². The van der Waals surface area contributed by atoms with Crippen LogP contribution in [0.1, 0.15) is 30.3 Å². The van der Waals surface area contributed by atoms with E-state index in [4.69, 9.17) is 4.74 Å². The van der Waals surface area contributed by atoms with Crippen LogP contribution in [0.25, 0.3) is 0 Å². The molecule has 3 rings (SSSR count). The zero-order valence-electron chi connectivity index (χ0n) is 12.0. The molecule has 2 saturated heterocycles. The maximum atomic E-state index is 11.8. The topological polar surface area (TPSA) is 45.7 Å². The molecule has 0 spiro atoms. The fourth-order valence-corrected chi connectivity index (χ4v) is 2.91. The van der Waals surface area contributed by atoms with Crippen molar-refractivity contribution in [1.82, 2.24) is 4.98 Å². The summed E-state index contributed by atoms with van der Waals surface area (Å²) >= 11 is 0. The van der Waals surface area contributed by atoms with E-state index >= 15 is 0 Å². The zero-order valence-corrected chi connectivity index (χ0v) is 12.0. The van der Waals surface area contributed by atoms with Crippen molar-refractivity contribution in [2.45, 2.75) is 19.8 Å². The summed E-state index contributed by atoms with van der Waals surface area (Å²) in [6, 6.07) is 2.13. The molecule has 0 N–H and O–H groups in total. The molecule has 0 bridgehead atoms. The zero-order chi connectivity index (χ0) is 13.9. The average molecular weight is 275 g/mol. The molecule has 20 heavy (non-hydrogen) atoms. The van der Waals surface area contributed by atoms with Crippen molar-refractivity contribution in [3.63, 3.8) is 0 Å². The van der Waals surface area contributed by atoms with Crippen molar-refractivity contribution < 1.29 is 9.53 Å². The lowest BCUT2D eigenvalue weighted by molar-refractivity contribution is 0.101. The highest BCUT2D eigenvalue weighted by Gasteiger charge is 2.21. The SMILES string of the molecule is CC(=O)c1ncc(N2CCCC2)cc1N1CCOCC1. The summed E-state index contributed by atoms with van der Waals surface area (Å²) in [6.07, 6.45) is 4.31. The maximum absolute atomic E-state index is 11.8. The van der Waals surface area contributed by atoms with Crippen molar-refractivity contribution in [3.8, 4) is 0 Å². The first-order chi connectivity index (χ1) is 9.75. The summed E-state index contributed by atoms with van der Waals surface area (Å²) in [5, 5.41) is 0. The van der Waals surface area contributed by atoms with E-state index in [9.17, 15) is 4.79 Å². The first-order valence-electron chi connectivity index (χ1n) is 7.34. The summed E-state index contributed by atoms with van der Waals surface area (Å²) in [4.78, 5) is 20.8. The third-order valence-corrected chi connectivity index (χ3v) is 4.01. The van der Waals surface area contributed by atoms with Gasteiger partial charge in [0.05, 0.1) is 30.8 Å². The van der Waals surface area contributed by atoms with Gasteiger partial charge in [-0.2, -0.15) is 0 Å². The van der Waals surface area contributed by atoms with Gasteiger partial charge in [0, 0.05) is 33.1 Å². The van der Waals surface area contributed by atoms with E-state index < -0.39 is 0 Å². The van der Waals surface area contributed by atoms with Crippen LogP contribution in [0.15, 0.2) is 12.3 Å². The average Bonchev–Trinajstić information content (AvgIpc) is 3.02. The van der Waals surface area contributed by atoms with Crippen LogP contribution in [0.2, 0.25) is 0 Å². The molecule has 5 heteroatoms. The van der Waals surface area contributed by atoms with Crippen LogP contribution < -0.4 is 9.80 Å². The molecule has 108 valence electrons. The molecule has 2 aliphatic rings. The van der Waals surface area contributed by atoms with Gasteiger partial charge in [0.1, 0.15) is 5.69 Å². The van der Waals surface area contributed by atoms with Gasteiger partial charge in [-0.3, -0.25) is 4.79 Å². The number of Topliss-reactive ketones (excluding diaryl/α,β-unsaturated/α-hetero) is 1. The Kier molecular flexibility index (Phi) is 3.87. The van der Waals surface area contributed by atoms with Crippen LogP contribution in [0.3, 0.4) is 0 Å². The highest BCUT2D eigenvalue weighted by molar-refractivity contribution is 5.98. The molecule has 1 aromatic rings. The first-order valence-corrected chi connectivity index (χ1v) is 7.34. The maximum Gasteiger partial charge on any atom is 0.180 e. The number of pyridine rings is 1. The van der Waals surface area contributed by atoms with Crippen molar-refractivity contribution in [3.05, 3.63) is 18.0 Å². The first kappa shape index (κ1) is 13.4. The molecule has 0 unspecified atom stereocenters. The smallest absolute Gasteiger partial charge is 0.180 e. The molecule has 1 aromatic heterocycles. The van der Waals surface area contributed by atoms with E-state index in [1.807, 2.05) is 6.20 Å². The Balaban J connectivity index is 1.93. The number of rotatable bonds is 3. The van der Waals surface area contributed by atoms with Crippen molar-refractivity contribution in [2.24, 2.45) is 0 Å². The third-order valence-electron chi connectivity index (χ3n) is 4.01. The normalized spacial score (nSPS) is 19.4. The van der Waals surface area contributed by atoms with Gasteiger partial charge in [-0.25, -0.2) is 4.98 Å². The van der Waals surface area contributed by atoms with Crippen LogP contribution >= 0.6 is 0 Å². The van der Waals surface area contributed by atoms with Gasteiger partial charge in [0.15, 0.2) is 5.78 Å². The van der Waals surface area contributed by atoms with Crippen molar-refractivity contribution >= 4 is 17.2 Å². The van der Waals surface area contributed by atoms with Crippen LogP contribution in [0, 0.1) is 0 Å². The minimum Gasteiger partial charge on any atom is -0.378 e. The third kappa shape index (κ3) is 2.63. The van der Waals surface area contributed by atoms with Gasteiger partial charge in [-0.1, -0.05) is 0 Å². The van der Waals surface area contributed by atoms with Gasteiger partial charge in [0.25, 0.3) is 0 Å². The number of morpholine rings is 1. The number of nitrogens with zero attached hydrogens (tertiary/aromatic N) is 3. The van der Waals surface area contributed by atoms with E-state index in [0.717, 1.165) is 37.6 Å². The van der Waals surface area contributed by atoms with E-state index in [0.29, 0.717) is 18.9 Å².